The van der Waals surface area contributed by atoms with E-state index in [-0.39, 0.29) is 17.6 Å². The highest BCUT2D eigenvalue weighted by Gasteiger charge is 2.32. The number of terminal acetylenes is 1. The largest absolute Gasteiger partial charge is 0.479 e. The fourth-order valence-corrected chi connectivity index (χ4v) is 4.52. The van der Waals surface area contributed by atoms with Gasteiger partial charge >= 0.3 is 5.97 Å². The maximum Gasteiger partial charge on any atom is 0.343 e. The summed E-state index contributed by atoms with van der Waals surface area (Å²) in [5.41, 5.74) is -2.49. The number of thioether (sulfide) groups is 1. The van der Waals surface area contributed by atoms with Gasteiger partial charge in [0.2, 0.25) is 0 Å². The van der Waals surface area contributed by atoms with Crippen LogP contribution in [0.2, 0.25) is 0 Å². The van der Waals surface area contributed by atoms with Gasteiger partial charge in [0, 0.05) is 18.8 Å². The minimum Gasteiger partial charge on any atom is -0.479 e. The summed E-state index contributed by atoms with van der Waals surface area (Å²) in [6.07, 6.45) is 18.6. The molecule has 1 aliphatic carbocycles. The summed E-state index contributed by atoms with van der Waals surface area (Å²) in [5, 5.41) is 28.5. The number of hydrogen-bond donors (Lipinski definition) is 3. The minimum absolute atomic E-state index is 0.0101. The van der Waals surface area contributed by atoms with E-state index in [1.54, 1.807) is 0 Å². The van der Waals surface area contributed by atoms with Crippen molar-refractivity contribution in [2.24, 2.45) is 11.8 Å². The number of rotatable bonds is 15. The number of Topliss-reactive ketones (excluding diaryl/α,β-unsaturated/α-hetero) is 1. The minimum atomic E-state index is -1.38. The molecular weight excluding hydrogens is 388 g/mol. The summed E-state index contributed by atoms with van der Waals surface area (Å²) in [4.78, 5) is 22.8. The summed E-state index contributed by atoms with van der Waals surface area (Å²) in [5.74, 6) is 2.33. The first-order valence-corrected chi connectivity index (χ1v) is 11.8. The molecular formula is C23H36O5S. The summed E-state index contributed by atoms with van der Waals surface area (Å²) >= 11 is 1.01. The molecule has 5 nitrogen and oxygen atoms in total. The number of carbonyl (C=O) groups excluding carboxylic acids is 1. The van der Waals surface area contributed by atoms with Gasteiger partial charge in [-0.25, -0.2) is 4.79 Å². The Kier molecular flexibility index (Phi) is 12.3. The van der Waals surface area contributed by atoms with Crippen LogP contribution in [0.3, 0.4) is 0 Å². The molecule has 0 amide bonds. The topological polar surface area (TPSA) is 94.8 Å². The molecule has 0 aromatic heterocycles. The number of ketones is 1. The fourth-order valence-electron chi connectivity index (χ4n) is 3.79. The quantitative estimate of drug-likeness (QED) is 0.158. The van der Waals surface area contributed by atoms with E-state index < -0.39 is 17.0 Å². The van der Waals surface area contributed by atoms with Gasteiger partial charge in [-0.3, -0.25) is 4.79 Å². The Morgan fingerprint density at radius 2 is 2.10 bits per heavy atom. The van der Waals surface area contributed by atoms with Crippen LogP contribution in [0.1, 0.15) is 77.6 Å². The van der Waals surface area contributed by atoms with Gasteiger partial charge in [0.1, 0.15) is 11.4 Å². The van der Waals surface area contributed by atoms with Crippen molar-refractivity contribution >= 4 is 23.5 Å². The zero-order valence-electron chi connectivity index (χ0n) is 17.5. The molecule has 1 fully saturated rings. The normalized spacial score (nSPS) is 22.5. The first-order chi connectivity index (χ1) is 13.8. The molecule has 4 atom stereocenters. The standard InChI is InChI=1S/C23H36O5S/c1-3-5-6-8-15-23(28,4-2)16-10-11-18-13-14-20(24)19(18)12-7-9-17-29-22(27)21(25)26/h2,10-11,18-19,22,27-28H,3,5-9,12-17H2,1H3,(H,25,26)/t18-,19+,22?,23?/m0/s1. The number of carbonyl (C=O) groups is 2. The van der Waals surface area contributed by atoms with Crippen LogP contribution >= 0.6 is 11.8 Å². The molecule has 6 heteroatoms. The average molecular weight is 425 g/mol. The Morgan fingerprint density at radius 1 is 1.34 bits per heavy atom. The Labute approximate surface area is 179 Å². The van der Waals surface area contributed by atoms with E-state index in [1.165, 1.54) is 0 Å². The second kappa shape index (κ2) is 13.8. The lowest BCUT2D eigenvalue weighted by Crippen LogP contribution is -2.25. The lowest BCUT2D eigenvalue weighted by atomic mass is 9.88. The summed E-state index contributed by atoms with van der Waals surface area (Å²) in [7, 11) is 0. The molecule has 1 aliphatic rings. The number of aliphatic carboxylic acids is 1. The molecule has 164 valence electrons. The van der Waals surface area contributed by atoms with Crippen LogP contribution in [-0.4, -0.2) is 43.9 Å². The van der Waals surface area contributed by atoms with Crippen LogP contribution in [0.25, 0.3) is 0 Å². The van der Waals surface area contributed by atoms with Crippen molar-refractivity contribution in [3.8, 4) is 12.3 Å². The van der Waals surface area contributed by atoms with Crippen molar-refractivity contribution in [1.29, 1.82) is 0 Å². The molecule has 3 N–H and O–H groups in total. The molecule has 1 rings (SSSR count). The van der Waals surface area contributed by atoms with Crippen LogP contribution in [0.5, 0.6) is 0 Å². The van der Waals surface area contributed by atoms with E-state index in [1.807, 2.05) is 12.2 Å². The third-order valence-corrected chi connectivity index (χ3v) is 6.64. The number of unbranched alkanes of at least 4 members (excludes halogenated alkanes) is 4. The second-order valence-electron chi connectivity index (χ2n) is 7.95. The summed E-state index contributed by atoms with van der Waals surface area (Å²) in [6.45, 7) is 2.15. The highest BCUT2D eigenvalue weighted by molar-refractivity contribution is 8.00. The van der Waals surface area contributed by atoms with Gasteiger partial charge in [-0.2, -0.15) is 0 Å². The number of carboxylic acids is 1. The van der Waals surface area contributed by atoms with Crippen LogP contribution in [0.15, 0.2) is 12.2 Å². The van der Waals surface area contributed by atoms with Crippen molar-refractivity contribution in [2.45, 2.75) is 88.6 Å². The van der Waals surface area contributed by atoms with Gasteiger partial charge in [-0.15, -0.1) is 18.2 Å². The van der Waals surface area contributed by atoms with Crippen molar-refractivity contribution in [3.05, 3.63) is 12.2 Å². The van der Waals surface area contributed by atoms with E-state index in [4.69, 9.17) is 11.5 Å². The smallest absolute Gasteiger partial charge is 0.343 e. The monoisotopic (exact) mass is 424 g/mol. The predicted octanol–water partition coefficient (Wildman–Crippen LogP) is 4.17. The number of aliphatic hydroxyl groups excluding tert-OH is 1. The zero-order valence-corrected chi connectivity index (χ0v) is 18.3. The molecule has 0 aliphatic heterocycles. The number of hydrogen-bond acceptors (Lipinski definition) is 5. The van der Waals surface area contributed by atoms with Gasteiger partial charge in [0.15, 0.2) is 5.44 Å². The summed E-state index contributed by atoms with van der Waals surface area (Å²) < 4.78 is 0. The SMILES string of the molecule is C#CC(O)(CC=C[C@H]1CCC(=O)[C@@H]1CCCCSC(O)C(=O)O)CCCCCC. The van der Waals surface area contributed by atoms with Gasteiger partial charge in [-0.05, 0) is 43.8 Å². The number of allylic oxidation sites excluding steroid dienone is 1. The molecule has 1 saturated carbocycles. The third kappa shape index (κ3) is 9.84. The fraction of sp³-hybridized carbons (Fsp3) is 0.739. The predicted molar refractivity (Wildman–Crippen MR) is 117 cm³/mol. The molecule has 0 aromatic rings. The molecule has 29 heavy (non-hydrogen) atoms. The molecule has 0 radical (unpaired) electrons. The van der Waals surface area contributed by atoms with E-state index in [0.29, 0.717) is 25.0 Å². The van der Waals surface area contributed by atoms with Crippen LogP contribution in [-0.2, 0) is 9.59 Å². The van der Waals surface area contributed by atoms with Gasteiger partial charge < -0.3 is 15.3 Å². The lowest BCUT2D eigenvalue weighted by Gasteiger charge is -2.21. The number of carboxylic acid groups (broad SMARTS) is 1. The Balaban J connectivity index is 2.41. The maximum absolute atomic E-state index is 12.2. The van der Waals surface area contributed by atoms with Crippen LogP contribution < -0.4 is 0 Å². The third-order valence-electron chi connectivity index (χ3n) is 5.60. The zero-order chi connectivity index (χ0) is 21.7. The first-order valence-electron chi connectivity index (χ1n) is 10.7. The van der Waals surface area contributed by atoms with Crippen molar-refractivity contribution in [2.75, 3.05) is 5.75 Å². The Morgan fingerprint density at radius 3 is 2.76 bits per heavy atom. The molecule has 0 spiro atoms. The van der Waals surface area contributed by atoms with Crippen molar-refractivity contribution in [1.82, 2.24) is 0 Å². The Hall–Kier alpha value is -1.29. The Bertz CT molecular complexity index is 582. The average Bonchev–Trinajstić information content (AvgIpc) is 3.04. The van der Waals surface area contributed by atoms with Crippen LogP contribution in [0.4, 0.5) is 0 Å². The van der Waals surface area contributed by atoms with Gasteiger partial charge in [-0.1, -0.05) is 50.7 Å². The van der Waals surface area contributed by atoms with E-state index in [2.05, 4.69) is 12.8 Å². The first kappa shape index (κ1) is 25.7. The maximum atomic E-state index is 12.2. The molecule has 0 bridgehead atoms. The molecule has 0 saturated heterocycles. The van der Waals surface area contributed by atoms with Gasteiger partial charge in [0.25, 0.3) is 0 Å². The lowest BCUT2D eigenvalue weighted by molar-refractivity contribution is -0.141. The molecule has 2 unspecified atom stereocenters. The van der Waals surface area contributed by atoms with Crippen molar-refractivity contribution < 1.29 is 24.9 Å². The van der Waals surface area contributed by atoms with E-state index >= 15 is 0 Å². The molecule has 0 heterocycles. The van der Waals surface area contributed by atoms with Crippen LogP contribution in [0, 0.1) is 24.2 Å². The highest BCUT2D eigenvalue weighted by atomic mass is 32.2. The highest BCUT2D eigenvalue weighted by Crippen LogP contribution is 2.34. The van der Waals surface area contributed by atoms with Crippen molar-refractivity contribution in [3.63, 3.8) is 0 Å². The second-order valence-corrected chi connectivity index (χ2v) is 9.14. The number of aliphatic hydroxyl groups is 2. The summed E-state index contributed by atoms with van der Waals surface area (Å²) in [6, 6.07) is 0. The molecule has 0 aromatic carbocycles. The van der Waals surface area contributed by atoms with E-state index in [0.717, 1.165) is 63.1 Å². The van der Waals surface area contributed by atoms with E-state index in [9.17, 15) is 19.8 Å². The van der Waals surface area contributed by atoms with Gasteiger partial charge in [0.05, 0.1) is 0 Å².